The van der Waals surface area contributed by atoms with Crippen LogP contribution in [0, 0.1) is 0 Å². The standard InChI is InChI=1S/C17H18O5/c18-13-8-11(7-6-10-4-2-1-3-5-10)22-17-12(13)9-14(19)15(20)16(17)21/h1-5,8,14-16,19-21H,6-7,9H2/t14-,15-,16-/m0/s1. The first-order chi connectivity index (χ1) is 10.6. The van der Waals surface area contributed by atoms with Gasteiger partial charge in [0.1, 0.15) is 23.7 Å². The van der Waals surface area contributed by atoms with Crippen molar-refractivity contribution in [1.29, 1.82) is 0 Å². The normalized spacial score (nSPS) is 24.0. The van der Waals surface area contributed by atoms with Gasteiger partial charge in [-0.05, 0) is 12.0 Å². The Morgan fingerprint density at radius 1 is 1.09 bits per heavy atom. The predicted octanol–water partition coefficient (Wildman–Crippen LogP) is 0.736. The van der Waals surface area contributed by atoms with Gasteiger partial charge in [-0.2, -0.15) is 0 Å². The molecule has 0 spiro atoms. The molecule has 3 rings (SSSR count). The van der Waals surface area contributed by atoms with Crippen molar-refractivity contribution in [1.82, 2.24) is 0 Å². The zero-order valence-corrected chi connectivity index (χ0v) is 12.0. The minimum absolute atomic E-state index is 0.00510. The van der Waals surface area contributed by atoms with Crippen LogP contribution in [0.5, 0.6) is 0 Å². The van der Waals surface area contributed by atoms with E-state index in [0.717, 1.165) is 5.56 Å². The van der Waals surface area contributed by atoms with Crippen molar-refractivity contribution in [3.05, 3.63) is 69.3 Å². The van der Waals surface area contributed by atoms with E-state index in [-0.39, 0.29) is 23.2 Å². The van der Waals surface area contributed by atoms with Crippen molar-refractivity contribution in [2.24, 2.45) is 0 Å². The third-order valence-corrected chi connectivity index (χ3v) is 4.03. The van der Waals surface area contributed by atoms with Gasteiger partial charge in [0.15, 0.2) is 5.43 Å². The zero-order valence-electron chi connectivity index (χ0n) is 12.0. The summed E-state index contributed by atoms with van der Waals surface area (Å²) in [5, 5.41) is 29.4. The second-order valence-corrected chi connectivity index (χ2v) is 5.61. The molecule has 3 N–H and O–H groups in total. The van der Waals surface area contributed by atoms with Crippen molar-refractivity contribution >= 4 is 0 Å². The van der Waals surface area contributed by atoms with Crippen LogP contribution in [0.25, 0.3) is 0 Å². The molecule has 116 valence electrons. The van der Waals surface area contributed by atoms with Crippen LogP contribution in [0.3, 0.4) is 0 Å². The largest absolute Gasteiger partial charge is 0.463 e. The molecule has 3 atom stereocenters. The van der Waals surface area contributed by atoms with Crippen LogP contribution < -0.4 is 5.43 Å². The first-order valence-corrected chi connectivity index (χ1v) is 7.30. The molecule has 0 amide bonds. The van der Waals surface area contributed by atoms with Gasteiger partial charge >= 0.3 is 0 Å². The number of aryl methyl sites for hydroxylation is 2. The van der Waals surface area contributed by atoms with Gasteiger partial charge in [0.25, 0.3) is 0 Å². The summed E-state index contributed by atoms with van der Waals surface area (Å²) in [5.74, 6) is 0.545. The number of benzene rings is 1. The smallest absolute Gasteiger partial charge is 0.188 e. The zero-order chi connectivity index (χ0) is 15.7. The Labute approximate surface area is 127 Å². The molecule has 1 heterocycles. The highest BCUT2D eigenvalue weighted by atomic mass is 16.4. The fourth-order valence-corrected chi connectivity index (χ4v) is 2.76. The average Bonchev–Trinajstić information content (AvgIpc) is 2.53. The van der Waals surface area contributed by atoms with E-state index >= 15 is 0 Å². The van der Waals surface area contributed by atoms with Crippen LogP contribution in [0.1, 0.15) is 28.8 Å². The number of rotatable bonds is 3. The van der Waals surface area contributed by atoms with Crippen LogP contribution in [0.15, 0.2) is 45.6 Å². The Kier molecular flexibility index (Phi) is 4.11. The highest BCUT2D eigenvalue weighted by Crippen LogP contribution is 2.29. The topological polar surface area (TPSA) is 90.9 Å². The van der Waals surface area contributed by atoms with E-state index in [9.17, 15) is 20.1 Å². The first-order valence-electron chi connectivity index (χ1n) is 7.30. The van der Waals surface area contributed by atoms with E-state index in [2.05, 4.69) is 0 Å². The summed E-state index contributed by atoms with van der Waals surface area (Å²) >= 11 is 0. The van der Waals surface area contributed by atoms with Gasteiger partial charge in [-0.1, -0.05) is 30.3 Å². The quantitative estimate of drug-likeness (QED) is 0.778. The lowest BCUT2D eigenvalue weighted by molar-refractivity contribution is -0.0786. The molecule has 0 saturated carbocycles. The summed E-state index contributed by atoms with van der Waals surface area (Å²) in [7, 11) is 0. The van der Waals surface area contributed by atoms with E-state index in [4.69, 9.17) is 4.42 Å². The molecule has 2 aromatic rings. The Morgan fingerprint density at radius 2 is 1.82 bits per heavy atom. The third-order valence-electron chi connectivity index (χ3n) is 4.03. The lowest BCUT2D eigenvalue weighted by atomic mass is 9.89. The summed E-state index contributed by atoms with van der Waals surface area (Å²) in [4.78, 5) is 12.1. The lowest BCUT2D eigenvalue weighted by Gasteiger charge is -2.29. The summed E-state index contributed by atoms with van der Waals surface area (Å²) in [6, 6.07) is 11.2. The van der Waals surface area contributed by atoms with Gasteiger partial charge < -0.3 is 19.7 Å². The molecule has 0 radical (unpaired) electrons. The molecule has 1 aliphatic rings. The van der Waals surface area contributed by atoms with Crippen LogP contribution in [-0.2, 0) is 19.3 Å². The third kappa shape index (κ3) is 2.83. The molecular formula is C17H18O5. The van der Waals surface area contributed by atoms with E-state index in [1.54, 1.807) is 0 Å². The van der Waals surface area contributed by atoms with E-state index < -0.39 is 18.3 Å². The Bertz CT molecular complexity index is 707. The second kappa shape index (κ2) is 6.04. The number of hydrogen-bond acceptors (Lipinski definition) is 5. The fourth-order valence-electron chi connectivity index (χ4n) is 2.76. The van der Waals surface area contributed by atoms with Gasteiger partial charge in [-0.25, -0.2) is 0 Å². The highest BCUT2D eigenvalue weighted by Gasteiger charge is 2.37. The van der Waals surface area contributed by atoms with Crippen molar-refractivity contribution in [2.75, 3.05) is 0 Å². The summed E-state index contributed by atoms with van der Waals surface area (Å²) in [6.07, 6.45) is -2.62. The van der Waals surface area contributed by atoms with Gasteiger partial charge in [0.05, 0.1) is 6.10 Å². The van der Waals surface area contributed by atoms with Gasteiger partial charge in [-0.3, -0.25) is 4.79 Å². The van der Waals surface area contributed by atoms with E-state index in [0.29, 0.717) is 18.6 Å². The molecule has 0 fully saturated rings. The molecule has 0 bridgehead atoms. The molecule has 22 heavy (non-hydrogen) atoms. The maximum absolute atomic E-state index is 12.1. The monoisotopic (exact) mass is 302 g/mol. The molecule has 0 aliphatic heterocycles. The van der Waals surface area contributed by atoms with Crippen LogP contribution >= 0.6 is 0 Å². The lowest BCUT2D eigenvalue weighted by Crippen LogP contribution is -2.40. The fraction of sp³-hybridized carbons (Fsp3) is 0.353. The molecule has 1 aromatic heterocycles. The minimum Gasteiger partial charge on any atom is -0.463 e. The van der Waals surface area contributed by atoms with Crippen LogP contribution in [0.4, 0.5) is 0 Å². The summed E-state index contributed by atoms with van der Waals surface area (Å²) < 4.78 is 5.61. The summed E-state index contributed by atoms with van der Waals surface area (Å²) in [6.45, 7) is 0. The van der Waals surface area contributed by atoms with Crippen molar-refractivity contribution in [2.45, 2.75) is 37.6 Å². The number of fused-ring (bicyclic) bond motifs is 1. The summed E-state index contributed by atoms with van der Waals surface area (Å²) in [5.41, 5.74) is 1.10. The van der Waals surface area contributed by atoms with Gasteiger partial charge in [0, 0.05) is 24.5 Å². The maximum Gasteiger partial charge on any atom is 0.188 e. The molecule has 1 aromatic carbocycles. The SMILES string of the molecule is O=c1cc(CCc2ccccc2)oc2c1C[C@H](O)[C@H](O)[C@@H]2O. The maximum atomic E-state index is 12.1. The Hall–Kier alpha value is -1.95. The number of aliphatic hydroxyl groups is 3. The van der Waals surface area contributed by atoms with E-state index in [1.807, 2.05) is 30.3 Å². The molecular weight excluding hydrogens is 284 g/mol. The minimum atomic E-state index is -1.37. The van der Waals surface area contributed by atoms with Gasteiger partial charge in [0.2, 0.25) is 0 Å². The number of hydrogen-bond donors (Lipinski definition) is 3. The van der Waals surface area contributed by atoms with Crippen molar-refractivity contribution in [3.63, 3.8) is 0 Å². The molecule has 0 saturated heterocycles. The van der Waals surface area contributed by atoms with Crippen molar-refractivity contribution in [3.8, 4) is 0 Å². The van der Waals surface area contributed by atoms with Gasteiger partial charge in [-0.15, -0.1) is 0 Å². The van der Waals surface area contributed by atoms with E-state index in [1.165, 1.54) is 6.07 Å². The Morgan fingerprint density at radius 3 is 2.55 bits per heavy atom. The second-order valence-electron chi connectivity index (χ2n) is 5.61. The highest BCUT2D eigenvalue weighted by molar-refractivity contribution is 5.27. The molecule has 5 heteroatoms. The average molecular weight is 302 g/mol. The molecule has 0 unspecified atom stereocenters. The number of aliphatic hydroxyl groups excluding tert-OH is 3. The predicted molar refractivity (Wildman–Crippen MR) is 79.5 cm³/mol. The van der Waals surface area contributed by atoms with Crippen LogP contribution in [0.2, 0.25) is 0 Å². The molecule has 1 aliphatic carbocycles. The Balaban J connectivity index is 1.86. The molecule has 5 nitrogen and oxygen atoms in total. The first kappa shape index (κ1) is 15.0. The van der Waals surface area contributed by atoms with Crippen LogP contribution in [-0.4, -0.2) is 27.5 Å². The van der Waals surface area contributed by atoms with Crippen molar-refractivity contribution < 1.29 is 19.7 Å².